The molecule has 0 fully saturated rings. The van der Waals surface area contributed by atoms with Gasteiger partial charge in [-0.3, -0.25) is 0 Å². The maximum Gasteiger partial charge on any atom is 0.128 e. The normalized spacial score (nSPS) is 9.73. The third kappa shape index (κ3) is 3.41. The summed E-state index contributed by atoms with van der Waals surface area (Å²) in [5.41, 5.74) is 1.11. The Morgan fingerprint density at radius 2 is 2.27 bits per heavy atom. The molecule has 0 aliphatic carbocycles. The first-order chi connectivity index (χ1) is 7.15. The molecule has 0 saturated heterocycles. The van der Waals surface area contributed by atoms with Gasteiger partial charge in [-0.15, -0.1) is 0 Å². The molecule has 0 aliphatic heterocycles. The molecule has 80 valence electrons. The lowest BCUT2D eigenvalue weighted by molar-refractivity contribution is 0.619. The van der Waals surface area contributed by atoms with E-state index in [2.05, 4.69) is 5.32 Å². The molecule has 15 heavy (non-hydrogen) atoms. The molecule has 0 amide bonds. The highest BCUT2D eigenvalue weighted by molar-refractivity contribution is 6.33. The zero-order chi connectivity index (χ0) is 11.3. The van der Waals surface area contributed by atoms with Gasteiger partial charge in [0.15, 0.2) is 0 Å². The van der Waals surface area contributed by atoms with Crippen molar-refractivity contribution in [1.29, 1.82) is 5.26 Å². The molecule has 0 bridgehead atoms. The molecule has 1 aromatic carbocycles. The Labute approximate surface area is 93.7 Å². The minimum atomic E-state index is -0.276. The SMILES string of the molecule is Cc1cc(Cl)c(NCCCC#N)cc1F. The number of aryl methyl sites for hydroxylation is 1. The number of benzene rings is 1. The first kappa shape index (κ1) is 11.8. The fourth-order valence-corrected chi connectivity index (χ4v) is 1.46. The molecule has 1 aromatic rings. The largest absolute Gasteiger partial charge is 0.384 e. The molecule has 1 N–H and O–H groups in total. The summed E-state index contributed by atoms with van der Waals surface area (Å²) < 4.78 is 13.2. The Balaban J connectivity index is 2.62. The van der Waals surface area contributed by atoms with Gasteiger partial charge in [0.05, 0.1) is 16.8 Å². The van der Waals surface area contributed by atoms with Crippen LogP contribution >= 0.6 is 11.6 Å². The van der Waals surface area contributed by atoms with Crippen LogP contribution in [0.5, 0.6) is 0 Å². The molecular weight excluding hydrogens is 215 g/mol. The van der Waals surface area contributed by atoms with Crippen LogP contribution in [0, 0.1) is 24.1 Å². The summed E-state index contributed by atoms with van der Waals surface area (Å²) in [5, 5.41) is 11.8. The number of unbranched alkanes of at least 4 members (excludes halogenated alkanes) is 1. The number of nitrogens with zero attached hydrogens (tertiary/aromatic N) is 1. The van der Waals surface area contributed by atoms with Crippen LogP contribution in [0.25, 0.3) is 0 Å². The number of hydrogen-bond acceptors (Lipinski definition) is 2. The summed E-state index contributed by atoms with van der Waals surface area (Å²) >= 11 is 5.92. The van der Waals surface area contributed by atoms with E-state index in [1.807, 2.05) is 6.07 Å². The molecule has 0 unspecified atom stereocenters. The van der Waals surface area contributed by atoms with E-state index in [1.165, 1.54) is 6.07 Å². The highest BCUT2D eigenvalue weighted by Gasteiger charge is 2.04. The molecular formula is C11H12ClFN2. The maximum atomic E-state index is 13.2. The summed E-state index contributed by atoms with van der Waals surface area (Å²) in [4.78, 5) is 0. The second kappa shape index (κ2) is 5.57. The van der Waals surface area contributed by atoms with Gasteiger partial charge < -0.3 is 5.32 Å². The number of rotatable bonds is 4. The van der Waals surface area contributed by atoms with Crippen molar-refractivity contribution in [1.82, 2.24) is 0 Å². The highest BCUT2D eigenvalue weighted by Crippen LogP contribution is 2.24. The van der Waals surface area contributed by atoms with Crippen molar-refractivity contribution >= 4 is 17.3 Å². The van der Waals surface area contributed by atoms with Crippen molar-refractivity contribution in [2.75, 3.05) is 11.9 Å². The van der Waals surface area contributed by atoms with Gasteiger partial charge in [0.2, 0.25) is 0 Å². The zero-order valence-corrected chi connectivity index (χ0v) is 9.24. The number of nitrogens with one attached hydrogen (secondary N) is 1. The van der Waals surface area contributed by atoms with E-state index >= 15 is 0 Å². The molecule has 0 spiro atoms. The molecule has 0 saturated carbocycles. The van der Waals surface area contributed by atoms with E-state index < -0.39 is 0 Å². The molecule has 4 heteroatoms. The average molecular weight is 227 g/mol. The fraction of sp³-hybridized carbons (Fsp3) is 0.364. The third-order valence-electron chi connectivity index (χ3n) is 2.03. The van der Waals surface area contributed by atoms with Gasteiger partial charge in [-0.05, 0) is 31.0 Å². The number of nitriles is 1. The van der Waals surface area contributed by atoms with Gasteiger partial charge in [0, 0.05) is 13.0 Å². The fourth-order valence-electron chi connectivity index (χ4n) is 1.17. The smallest absolute Gasteiger partial charge is 0.128 e. The lowest BCUT2D eigenvalue weighted by Crippen LogP contribution is -2.02. The van der Waals surface area contributed by atoms with Crippen LogP contribution in [0.2, 0.25) is 5.02 Å². The third-order valence-corrected chi connectivity index (χ3v) is 2.34. The first-order valence-corrected chi connectivity index (χ1v) is 5.09. The number of hydrogen-bond donors (Lipinski definition) is 1. The minimum Gasteiger partial charge on any atom is -0.384 e. The molecule has 0 radical (unpaired) electrons. The predicted octanol–water partition coefficient (Wildman–Crippen LogP) is 3.50. The summed E-state index contributed by atoms with van der Waals surface area (Å²) in [5.74, 6) is -0.276. The van der Waals surface area contributed by atoms with E-state index in [0.29, 0.717) is 29.2 Å². The van der Waals surface area contributed by atoms with Crippen LogP contribution in [-0.4, -0.2) is 6.54 Å². The van der Waals surface area contributed by atoms with Crippen molar-refractivity contribution in [3.05, 3.63) is 28.5 Å². The Bertz CT molecular complexity index is 385. The van der Waals surface area contributed by atoms with Crippen molar-refractivity contribution in [2.24, 2.45) is 0 Å². The lowest BCUT2D eigenvalue weighted by atomic mass is 10.2. The van der Waals surface area contributed by atoms with Crippen molar-refractivity contribution in [3.63, 3.8) is 0 Å². The molecule has 1 rings (SSSR count). The maximum absolute atomic E-state index is 13.2. The quantitative estimate of drug-likeness (QED) is 0.798. The summed E-state index contributed by atoms with van der Waals surface area (Å²) in [6.45, 7) is 2.29. The predicted molar refractivity (Wildman–Crippen MR) is 59.5 cm³/mol. The minimum absolute atomic E-state index is 0.276. The van der Waals surface area contributed by atoms with Gasteiger partial charge in [-0.25, -0.2) is 4.39 Å². The van der Waals surface area contributed by atoms with E-state index in [4.69, 9.17) is 16.9 Å². The van der Waals surface area contributed by atoms with E-state index in [1.54, 1.807) is 13.0 Å². The van der Waals surface area contributed by atoms with Crippen LogP contribution in [0.3, 0.4) is 0 Å². The second-order valence-corrected chi connectivity index (χ2v) is 3.68. The Morgan fingerprint density at radius 3 is 2.93 bits per heavy atom. The van der Waals surface area contributed by atoms with Crippen LogP contribution < -0.4 is 5.32 Å². The molecule has 0 atom stereocenters. The van der Waals surface area contributed by atoms with Crippen LogP contribution in [-0.2, 0) is 0 Å². The number of anilines is 1. The standard InChI is InChI=1S/C11H12ClFN2/c1-8-6-9(12)11(7-10(8)13)15-5-3-2-4-14/h6-7,15H,2-3,5H2,1H3. The Hall–Kier alpha value is -1.27. The highest BCUT2D eigenvalue weighted by atomic mass is 35.5. The molecule has 0 aliphatic rings. The molecule has 0 heterocycles. The van der Waals surface area contributed by atoms with Crippen molar-refractivity contribution in [2.45, 2.75) is 19.8 Å². The van der Waals surface area contributed by atoms with Gasteiger partial charge in [-0.2, -0.15) is 5.26 Å². The van der Waals surface area contributed by atoms with Crippen molar-refractivity contribution in [3.8, 4) is 6.07 Å². The van der Waals surface area contributed by atoms with Gasteiger partial charge in [-0.1, -0.05) is 11.6 Å². The topological polar surface area (TPSA) is 35.8 Å². The van der Waals surface area contributed by atoms with Crippen molar-refractivity contribution < 1.29 is 4.39 Å². The Kier molecular flexibility index (Phi) is 4.38. The zero-order valence-electron chi connectivity index (χ0n) is 8.48. The van der Waals surface area contributed by atoms with Crippen LogP contribution in [0.4, 0.5) is 10.1 Å². The summed E-state index contributed by atoms with van der Waals surface area (Å²) in [7, 11) is 0. The van der Waals surface area contributed by atoms with E-state index in [0.717, 1.165) is 6.42 Å². The summed E-state index contributed by atoms with van der Waals surface area (Å²) in [6, 6.07) is 5.01. The molecule has 0 aromatic heterocycles. The molecule has 2 nitrogen and oxygen atoms in total. The number of halogens is 2. The van der Waals surface area contributed by atoms with Gasteiger partial charge in [0.1, 0.15) is 5.82 Å². The first-order valence-electron chi connectivity index (χ1n) is 4.71. The summed E-state index contributed by atoms with van der Waals surface area (Å²) in [6.07, 6.45) is 1.21. The monoisotopic (exact) mass is 226 g/mol. The van der Waals surface area contributed by atoms with E-state index in [-0.39, 0.29) is 5.82 Å². The van der Waals surface area contributed by atoms with Gasteiger partial charge >= 0.3 is 0 Å². The second-order valence-electron chi connectivity index (χ2n) is 3.27. The average Bonchev–Trinajstić information content (AvgIpc) is 2.20. The van der Waals surface area contributed by atoms with Crippen LogP contribution in [0.1, 0.15) is 18.4 Å². The lowest BCUT2D eigenvalue weighted by Gasteiger charge is -2.08. The van der Waals surface area contributed by atoms with E-state index in [9.17, 15) is 4.39 Å². The van der Waals surface area contributed by atoms with Gasteiger partial charge in [0.25, 0.3) is 0 Å². The van der Waals surface area contributed by atoms with Crippen LogP contribution in [0.15, 0.2) is 12.1 Å². The Morgan fingerprint density at radius 1 is 1.53 bits per heavy atom.